The minimum atomic E-state index is 0.991. The van der Waals surface area contributed by atoms with Gasteiger partial charge in [0.05, 0.1) is 0 Å². The van der Waals surface area contributed by atoms with Crippen LogP contribution in [-0.2, 0) is 0 Å². The van der Waals surface area contributed by atoms with Crippen LogP contribution in [0.5, 0.6) is 0 Å². The Bertz CT molecular complexity index is 369. The van der Waals surface area contributed by atoms with Crippen LogP contribution in [0.2, 0.25) is 0 Å². The zero-order chi connectivity index (χ0) is 11.3. The summed E-state index contributed by atoms with van der Waals surface area (Å²) in [5.41, 5.74) is 4.97. The Labute approximate surface area is 92.6 Å². The Hall–Kier alpha value is -1.37. The summed E-state index contributed by atoms with van der Waals surface area (Å²) in [7, 11) is 1.85. The quantitative estimate of drug-likeness (QED) is 0.658. The molecule has 0 atom stereocenters. The van der Waals surface area contributed by atoms with E-state index in [0.29, 0.717) is 0 Å². The SMILES string of the molecule is CCC(=NC)/C(C)=C/c1ccc(C)cc1. The minimum Gasteiger partial charge on any atom is -0.293 e. The fraction of sp³-hybridized carbons (Fsp3) is 0.357. The van der Waals surface area contributed by atoms with E-state index in [1.54, 1.807) is 0 Å². The monoisotopic (exact) mass is 201 g/mol. The van der Waals surface area contributed by atoms with Crippen molar-refractivity contribution in [2.45, 2.75) is 27.2 Å². The van der Waals surface area contributed by atoms with Crippen molar-refractivity contribution >= 4 is 11.8 Å². The number of hydrogen-bond acceptors (Lipinski definition) is 1. The Balaban J connectivity index is 2.92. The minimum absolute atomic E-state index is 0.991. The standard InChI is InChI=1S/C14H19N/c1-5-14(15-4)12(3)10-13-8-6-11(2)7-9-13/h6-10H,5H2,1-4H3/b12-10+,15-14?. The lowest BCUT2D eigenvalue weighted by Crippen LogP contribution is -1.97. The van der Waals surface area contributed by atoms with Crippen LogP contribution in [0, 0.1) is 6.92 Å². The van der Waals surface area contributed by atoms with Gasteiger partial charge in [-0.1, -0.05) is 42.8 Å². The molecule has 0 spiro atoms. The van der Waals surface area contributed by atoms with E-state index in [1.807, 2.05) is 7.05 Å². The number of rotatable bonds is 3. The van der Waals surface area contributed by atoms with Gasteiger partial charge in [-0.15, -0.1) is 0 Å². The molecule has 0 aromatic heterocycles. The fourth-order valence-electron chi connectivity index (χ4n) is 1.61. The van der Waals surface area contributed by atoms with E-state index in [9.17, 15) is 0 Å². The third-order valence-corrected chi connectivity index (χ3v) is 2.52. The zero-order valence-corrected chi connectivity index (χ0v) is 10.0. The first-order chi connectivity index (χ1) is 7.17. The Morgan fingerprint density at radius 2 is 1.87 bits per heavy atom. The summed E-state index contributed by atoms with van der Waals surface area (Å²) in [6, 6.07) is 8.55. The molecule has 1 heteroatoms. The summed E-state index contributed by atoms with van der Waals surface area (Å²) in [4.78, 5) is 4.27. The van der Waals surface area contributed by atoms with Crippen LogP contribution in [0.4, 0.5) is 0 Å². The first-order valence-electron chi connectivity index (χ1n) is 5.38. The van der Waals surface area contributed by atoms with Crippen LogP contribution in [-0.4, -0.2) is 12.8 Å². The molecule has 0 unspecified atom stereocenters. The number of aliphatic imine (C=N–C) groups is 1. The van der Waals surface area contributed by atoms with Crippen LogP contribution in [0.15, 0.2) is 34.8 Å². The third-order valence-electron chi connectivity index (χ3n) is 2.52. The summed E-state index contributed by atoms with van der Waals surface area (Å²) < 4.78 is 0. The molecule has 1 rings (SSSR count). The maximum atomic E-state index is 4.27. The van der Waals surface area contributed by atoms with Crippen LogP contribution in [0.25, 0.3) is 6.08 Å². The summed E-state index contributed by atoms with van der Waals surface area (Å²) in [6.45, 7) is 6.35. The Morgan fingerprint density at radius 3 is 2.33 bits per heavy atom. The highest BCUT2D eigenvalue weighted by Crippen LogP contribution is 2.10. The Kier molecular flexibility index (Phi) is 4.29. The number of benzene rings is 1. The number of nitrogens with zero attached hydrogens (tertiary/aromatic N) is 1. The van der Waals surface area contributed by atoms with E-state index in [-0.39, 0.29) is 0 Å². The van der Waals surface area contributed by atoms with E-state index in [2.05, 4.69) is 56.1 Å². The first-order valence-corrected chi connectivity index (χ1v) is 5.38. The van der Waals surface area contributed by atoms with Crippen LogP contribution < -0.4 is 0 Å². The second kappa shape index (κ2) is 5.50. The number of hydrogen-bond donors (Lipinski definition) is 0. The normalized spacial score (nSPS) is 13.1. The molecule has 0 amide bonds. The molecule has 0 saturated heterocycles. The maximum Gasteiger partial charge on any atom is 0.0371 e. The van der Waals surface area contributed by atoms with Crippen molar-refractivity contribution in [3.63, 3.8) is 0 Å². The molecule has 0 heterocycles. The highest BCUT2D eigenvalue weighted by Gasteiger charge is 1.97. The lowest BCUT2D eigenvalue weighted by molar-refractivity contribution is 1.23. The van der Waals surface area contributed by atoms with Gasteiger partial charge in [-0.05, 0) is 31.4 Å². The van der Waals surface area contributed by atoms with E-state index >= 15 is 0 Å². The highest BCUT2D eigenvalue weighted by molar-refractivity contribution is 6.02. The molecule has 1 nitrogen and oxygen atoms in total. The second-order valence-electron chi connectivity index (χ2n) is 3.76. The third kappa shape index (κ3) is 3.35. The average molecular weight is 201 g/mol. The predicted octanol–water partition coefficient (Wildman–Crippen LogP) is 3.88. The largest absolute Gasteiger partial charge is 0.293 e. The van der Waals surface area contributed by atoms with E-state index in [1.165, 1.54) is 22.4 Å². The molecule has 0 aliphatic rings. The number of allylic oxidation sites excluding steroid dienone is 1. The van der Waals surface area contributed by atoms with E-state index in [4.69, 9.17) is 0 Å². The van der Waals surface area contributed by atoms with Gasteiger partial charge in [0.1, 0.15) is 0 Å². The smallest absolute Gasteiger partial charge is 0.0371 e. The molecule has 0 N–H and O–H groups in total. The molecule has 1 aromatic rings. The fourth-order valence-corrected chi connectivity index (χ4v) is 1.61. The molecule has 1 aromatic carbocycles. The Morgan fingerprint density at radius 1 is 1.27 bits per heavy atom. The van der Waals surface area contributed by atoms with Gasteiger partial charge in [0.25, 0.3) is 0 Å². The van der Waals surface area contributed by atoms with Gasteiger partial charge in [0.15, 0.2) is 0 Å². The average Bonchev–Trinajstić information content (AvgIpc) is 2.23. The number of aryl methyl sites for hydroxylation is 1. The van der Waals surface area contributed by atoms with Crippen molar-refractivity contribution in [1.82, 2.24) is 0 Å². The van der Waals surface area contributed by atoms with Crippen molar-refractivity contribution < 1.29 is 0 Å². The molecule has 15 heavy (non-hydrogen) atoms. The summed E-state index contributed by atoms with van der Waals surface area (Å²) in [5.74, 6) is 0. The summed E-state index contributed by atoms with van der Waals surface area (Å²) in [5, 5.41) is 0. The topological polar surface area (TPSA) is 12.4 Å². The molecule has 0 fully saturated rings. The van der Waals surface area contributed by atoms with Crippen molar-refractivity contribution in [1.29, 1.82) is 0 Å². The second-order valence-corrected chi connectivity index (χ2v) is 3.76. The van der Waals surface area contributed by atoms with E-state index in [0.717, 1.165) is 6.42 Å². The van der Waals surface area contributed by atoms with Gasteiger partial charge in [0, 0.05) is 12.8 Å². The van der Waals surface area contributed by atoms with Crippen LogP contribution >= 0.6 is 0 Å². The lowest BCUT2D eigenvalue weighted by Gasteiger charge is -2.03. The molecule has 0 aliphatic carbocycles. The zero-order valence-electron chi connectivity index (χ0n) is 10.0. The molecule has 0 bridgehead atoms. The van der Waals surface area contributed by atoms with Gasteiger partial charge in [-0.2, -0.15) is 0 Å². The van der Waals surface area contributed by atoms with Gasteiger partial charge in [-0.25, -0.2) is 0 Å². The predicted molar refractivity (Wildman–Crippen MR) is 68.5 cm³/mol. The van der Waals surface area contributed by atoms with Gasteiger partial charge >= 0.3 is 0 Å². The van der Waals surface area contributed by atoms with Crippen molar-refractivity contribution in [3.05, 3.63) is 41.0 Å². The van der Waals surface area contributed by atoms with Gasteiger partial charge < -0.3 is 0 Å². The van der Waals surface area contributed by atoms with Crippen molar-refractivity contribution in [2.24, 2.45) is 4.99 Å². The molecule has 0 radical (unpaired) electrons. The lowest BCUT2D eigenvalue weighted by atomic mass is 10.1. The molecule has 0 aliphatic heterocycles. The van der Waals surface area contributed by atoms with Gasteiger partial charge in [0.2, 0.25) is 0 Å². The van der Waals surface area contributed by atoms with Gasteiger partial charge in [-0.3, -0.25) is 4.99 Å². The van der Waals surface area contributed by atoms with Crippen molar-refractivity contribution in [2.75, 3.05) is 7.05 Å². The highest BCUT2D eigenvalue weighted by atomic mass is 14.7. The summed E-state index contributed by atoms with van der Waals surface area (Å²) >= 11 is 0. The molecular weight excluding hydrogens is 182 g/mol. The summed E-state index contributed by atoms with van der Waals surface area (Å²) in [6.07, 6.45) is 3.18. The van der Waals surface area contributed by atoms with Crippen LogP contribution in [0.1, 0.15) is 31.4 Å². The first kappa shape index (κ1) is 11.7. The van der Waals surface area contributed by atoms with Crippen LogP contribution in [0.3, 0.4) is 0 Å². The van der Waals surface area contributed by atoms with Crippen molar-refractivity contribution in [3.8, 4) is 0 Å². The molecule has 80 valence electrons. The maximum absolute atomic E-state index is 4.27. The molecule has 0 saturated carbocycles. The molecular formula is C14H19N. The van der Waals surface area contributed by atoms with E-state index < -0.39 is 0 Å².